The highest BCUT2D eigenvalue weighted by Crippen LogP contribution is 2.22. The van der Waals surface area contributed by atoms with Gasteiger partial charge in [-0.05, 0) is 55.7 Å². The summed E-state index contributed by atoms with van der Waals surface area (Å²) in [4.78, 5) is 14.7. The van der Waals surface area contributed by atoms with Crippen LogP contribution < -0.4 is 0 Å². The molecule has 1 amide bonds. The lowest BCUT2D eigenvalue weighted by atomic mass is 9.98. The van der Waals surface area contributed by atoms with E-state index in [4.69, 9.17) is 5.11 Å². The van der Waals surface area contributed by atoms with Gasteiger partial charge in [0.1, 0.15) is 6.54 Å². The number of aliphatic hydroxyl groups excluding tert-OH is 1. The summed E-state index contributed by atoms with van der Waals surface area (Å²) in [6.07, 6.45) is 2.98. The van der Waals surface area contributed by atoms with Gasteiger partial charge in [-0.1, -0.05) is 31.2 Å². The first-order chi connectivity index (χ1) is 12.5. The van der Waals surface area contributed by atoms with Crippen molar-refractivity contribution in [2.45, 2.75) is 53.2 Å². The summed E-state index contributed by atoms with van der Waals surface area (Å²) in [5.41, 5.74) is 5.60. The first-order valence-corrected chi connectivity index (χ1v) is 9.51. The second kappa shape index (κ2) is 8.04. The smallest absolute Gasteiger partial charge is 0.244 e. The highest BCUT2D eigenvalue weighted by molar-refractivity contribution is 5.76. The average molecular weight is 355 g/mol. The largest absolute Gasteiger partial charge is 0.392 e. The number of amides is 1. The van der Waals surface area contributed by atoms with Crippen molar-refractivity contribution < 1.29 is 9.90 Å². The molecule has 5 heteroatoms. The number of hydrogen-bond donors (Lipinski definition) is 1. The number of carbonyl (C=O) groups excluding carboxylic acids is 1. The molecule has 1 aliphatic heterocycles. The van der Waals surface area contributed by atoms with Crippen LogP contribution in [0.25, 0.3) is 0 Å². The normalized spacial score (nSPS) is 17.1. The van der Waals surface area contributed by atoms with Crippen molar-refractivity contribution in [3.8, 4) is 0 Å². The molecule has 2 aromatic rings. The van der Waals surface area contributed by atoms with Gasteiger partial charge in [0.15, 0.2) is 0 Å². The molecule has 1 aromatic carbocycles. The number of aliphatic hydroxyl groups is 1. The lowest BCUT2D eigenvalue weighted by Gasteiger charge is -2.17. The van der Waals surface area contributed by atoms with Crippen molar-refractivity contribution in [3.63, 3.8) is 0 Å². The summed E-state index contributed by atoms with van der Waals surface area (Å²) in [6.45, 7) is 8.26. The van der Waals surface area contributed by atoms with E-state index in [0.717, 1.165) is 49.3 Å². The molecule has 140 valence electrons. The molecule has 0 saturated carbocycles. The Kier molecular flexibility index (Phi) is 5.77. The monoisotopic (exact) mass is 355 g/mol. The molecule has 1 fully saturated rings. The van der Waals surface area contributed by atoms with Gasteiger partial charge in [-0.15, -0.1) is 0 Å². The highest BCUT2D eigenvalue weighted by atomic mass is 16.3. The Labute approximate surface area is 155 Å². The molecule has 1 aromatic heterocycles. The van der Waals surface area contributed by atoms with Crippen LogP contribution in [0.5, 0.6) is 0 Å². The van der Waals surface area contributed by atoms with Gasteiger partial charge in [-0.3, -0.25) is 9.48 Å². The van der Waals surface area contributed by atoms with Gasteiger partial charge >= 0.3 is 0 Å². The number of rotatable bonds is 6. The highest BCUT2D eigenvalue weighted by Gasteiger charge is 2.27. The molecule has 5 nitrogen and oxygen atoms in total. The van der Waals surface area contributed by atoms with Crippen LogP contribution in [0.1, 0.15) is 41.4 Å². The average Bonchev–Trinajstić information content (AvgIpc) is 3.20. The van der Waals surface area contributed by atoms with Gasteiger partial charge in [0, 0.05) is 18.8 Å². The SMILES string of the molecule is CCc1c(C)nn(CC(=O)N2CC[C@H](Cc3ccc(CO)cc3)C2)c1C. The van der Waals surface area contributed by atoms with Gasteiger partial charge < -0.3 is 10.0 Å². The van der Waals surface area contributed by atoms with E-state index in [9.17, 15) is 4.79 Å². The lowest BCUT2D eigenvalue weighted by molar-refractivity contribution is -0.131. The lowest BCUT2D eigenvalue weighted by Crippen LogP contribution is -2.32. The first-order valence-electron chi connectivity index (χ1n) is 9.51. The second-order valence-electron chi connectivity index (χ2n) is 7.33. The van der Waals surface area contributed by atoms with Crippen LogP contribution in [0.4, 0.5) is 0 Å². The van der Waals surface area contributed by atoms with Crippen LogP contribution in [0.3, 0.4) is 0 Å². The molecule has 0 radical (unpaired) electrons. The predicted octanol–water partition coefficient (Wildman–Crippen LogP) is 2.65. The van der Waals surface area contributed by atoms with Crippen LogP contribution in [-0.2, 0) is 30.8 Å². The minimum absolute atomic E-state index is 0.0814. The molecule has 0 aliphatic carbocycles. The number of carbonyl (C=O) groups is 1. The van der Waals surface area contributed by atoms with Crippen molar-refractivity contribution >= 4 is 5.91 Å². The fraction of sp³-hybridized carbons (Fsp3) is 0.524. The molecule has 1 aliphatic rings. The maximum absolute atomic E-state index is 12.7. The van der Waals surface area contributed by atoms with E-state index in [1.54, 1.807) is 0 Å². The summed E-state index contributed by atoms with van der Waals surface area (Å²) in [5.74, 6) is 0.668. The fourth-order valence-corrected chi connectivity index (χ4v) is 3.97. The molecule has 3 rings (SSSR count). The number of benzene rings is 1. The second-order valence-corrected chi connectivity index (χ2v) is 7.33. The Morgan fingerprint density at radius 3 is 2.54 bits per heavy atom. The molecule has 1 saturated heterocycles. The molecule has 1 N–H and O–H groups in total. The van der Waals surface area contributed by atoms with E-state index < -0.39 is 0 Å². The van der Waals surface area contributed by atoms with Crippen LogP contribution in [0.15, 0.2) is 24.3 Å². The molecular formula is C21H29N3O2. The summed E-state index contributed by atoms with van der Waals surface area (Å²) >= 11 is 0. The minimum atomic E-state index is 0.0814. The van der Waals surface area contributed by atoms with Crippen LogP contribution in [0.2, 0.25) is 0 Å². The van der Waals surface area contributed by atoms with Gasteiger partial charge in [0.25, 0.3) is 0 Å². The molecule has 0 unspecified atom stereocenters. The Hall–Kier alpha value is -2.14. The van der Waals surface area contributed by atoms with Crippen molar-refractivity contribution in [1.82, 2.24) is 14.7 Å². The van der Waals surface area contributed by atoms with Crippen molar-refractivity contribution in [3.05, 3.63) is 52.3 Å². The van der Waals surface area contributed by atoms with E-state index >= 15 is 0 Å². The summed E-state index contributed by atoms with van der Waals surface area (Å²) < 4.78 is 1.86. The van der Waals surface area contributed by atoms with E-state index in [1.165, 1.54) is 11.1 Å². The summed E-state index contributed by atoms with van der Waals surface area (Å²) in [6, 6.07) is 8.11. The van der Waals surface area contributed by atoms with E-state index in [-0.39, 0.29) is 12.5 Å². The van der Waals surface area contributed by atoms with E-state index in [0.29, 0.717) is 12.5 Å². The molecule has 1 atom stereocenters. The number of nitrogens with zero attached hydrogens (tertiary/aromatic N) is 3. The third-order valence-corrected chi connectivity index (χ3v) is 5.54. The zero-order valence-corrected chi connectivity index (χ0v) is 16.0. The summed E-state index contributed by atoms with van der Waals surface area (Å²) in [7, 11) is 0. The molecule has 0 spiro atoms. The van der Waals surface area contributed by atoms with Crippen LogP contribution in [0, 0.1) is 19.8 Å². The minimum Gasteiger partial charge on any atom is -0.392 e. The van der Waals surface area contributed by atoms with Gasteiger partial charge in [0.2, 0.25) is 5.91 Å². The van der Waals surface area contributed by atoms with Gasteiger partial charge in [0.05, 0.1) is 12.3 Å². The standard InChI is InChI=1S/C21H29N3O2/c1-4-20-15(2)22-24(16(20)3)13-21(26)23-10-9-19(12-23)11-17-5-7-18(14-25)8-6-17/h5-8,19,25H,4,9-14H2,1-3H3/t19-/m1/s1. The number of aromatic nitrogens is 2. The summed E-state index contributed by atoms with van der Waals surface area (Å²) in [5, 5.41) is 13.7. The Morgan fingerprint density at radius 2 is 1.92 bits per heavy atom. The zero-order valence-electron chi connectivity index (χ0n) is 16.0. The Balaban J connectivity index is 1.57. The van der Waals surface area contributed by atoms with Gasteiger partial charge in [-0.2, -0.15) is 5.10 Å². The quantitative estimate of drug-likeness (QED) is 0.867. The molecule has 2 heterocycles. The molecule has 26 heavy (non-hydrogen) atoms. The van der Waals surface area contributed by atoms with Gasteiger partial charge in [-0.25, -0.2) is 0 Å². The van der Waals surface area contributed by atoms with Crippen LogP contribution >= 0.6 is 0 Å². The predicted molar refractivity (Wildman–Crippen MR) is 102 cm³/mol. The topological polar surface area (TPSA) is 58.4 Å². The fourth-order valence-electron chi connectivity index (χ4n) is 3.97. The maximum atomic E-state index is 12.7. The first kappa shape index (κ1) is 18.6. The maximum Gasteiger partial charge on any atom is 0.244 e. The van der Waals surface area contributed by atoms with Crippen molar-refractivity contribution in [2.75, 3.05) is 13.1 Å². The van der Waals surface area contributed by atoms with E-state index in [1.807, 2.05) is 28.6 Å². The molecule has 0 bridgehead atoms. The Bertz CT molecular complexity index is 764. The van der Waals surface area contributed by atoms with Crippen molar-refractivity contribution in [2.24, 2.45) is 5.92 Å². The van der Waals surface area contributed by atoms with Crippen molar-refractivity contribution in [1.29, 1.82) is 0 Å². The van der Waals surface area contributed by atoms with Crippen LogP contribution in [-0.4, -0.2) is 38.8 Å². The molecular weight excluding hydrogens is 326 g/mol. The third kappa shape index (κ3) is 3.98. The zero-order chi connectivity index (χ0) is 18.7. The van der Waals surface area contributed by atoms with E-state index in [2.05, 4.69) is 31.1 Å². The number of likely N-dealkylation sites (tertiary alicyclic amines) is 1. The number of aryl methyl sites for hydroxylation is 1. The third-order valence-electron chi connectivity index (χ3n) is 5.54. The Morgan fingerprint density at radius 1 is 1.23 bits per heavy atom. The number of hydrogen-bond acceptors (Lipinski definition) is 3.